The van der Waals surface area contributed by atoms with Gasteiger partial charge < -0.3 is 15.8 Å². The lowest BCUT2D eigenvalue weighted by Gasteiger charge is -2.11. The van der Waals surface area contributed by atoms with E-state index in [-0.39, 0.29) is 11.8 Å². The van der Waals surface area contributed by atoms with Gasteiger partial charge in [-0.25, -0.2) is 9.37 Å². The number of anilines is 3. The van der Waals surface area contributed by atoms with Crippen molar-refractivity contribution in [1.82, 2.24) is 9.97 Å². The van der Waals surface area contributed by atoms with Crippen LogP contribution in [0.5, 0.6) is 5.75 Å². The minimum atomic E-state index is -0.594. The van der Waals surface area contributed by atoms with E-state index in [4.69, 9.17) is 10.5 Å². The van der Waals surface area contributed by atoms with Crippen molar-refractivity contribution in [2.75, 3.05) is 18.2 Å². The molecular formula is C11H9Br2FN4O. The molecule has 2 aromatic rings. The normalized spacial score (nSPS) is 10.3. The Labute approximate surface area is 125 Å². The first-order chi connectivity index (χ1) is 9.01. The summed E-state index contributed by atoms with van der Waals surface area (Å²) in [6.45, 7) is 0. The lowest BCUT2D eigenvalue weighted by atomic mass is 10.3. The molecule has 0 aliphatic heterocycles. The van der Waals surface area contributed by atoms with Crippen LogP contribution in [0.4, 0.5) is 21.8 Å². The van der Waals surface area contributed by atoms with E-state index in [2.05, 4.69) is 47.1 Å². The van der Waals surface area contributed by atoms with Crippen molar-refractivity contribution in [3.8, 4) is 5.75 Å². The number of nitrogen functional groups attached to an aromatic ring is 1. The molecule has 3 N–H and O–H groups in total. The smallest absolute Gasteiger partial charge is 0.222 e. The first-order valence-electron chi connectivity index (χ1n) is 5.09. The number of methoxy groups -OCH3 is 1. The Balaban J connectivity index is 2.40. The van der Waals surface area contributed by atoms with Crippen LogP contribution in [0.2, 0.25) is 0 Å². The van der Waals surface area contributed by atoms with Crippen LogP contribution < -0.4 is 15.8 Å². The Morgan fingerprint density at radius 3 is 2.74 bits per heavy atom. The lowest BCUT2D eigenvalue weighted by molar-refractivity contribution is 0.412. The van der Waals surface area contributed by atoms with Gasteiger partial charge in [0.05, 0.1) is 23.5 Å². The number of nitrogens with zero attached hydrogens (tertiary/aromatic N) is 2. The maximum atomic E-state index is 13.5. The molecule has 0 amide bonds. The van der Waals surface area contributed by atoms with E-state index in [1.54, 1.807) is 19.2 Å². The van der Waals surface area contributed by atoms with Crippen LogP contribution in [0, 0.1) is 5.82 Å². The number of halogens is 3. The van der Waals surface area contributed by atoms with Gasteiger partial charge in [-0.15, -0.1) is 0 Å². The molecule has 0 aliphatic rings. The van der Waals surface area contributed by atoms with Crippen molar-refractivity contribution in [2.24, 2.45) is 0 Å². The zero-order chi connectivity index (χ0) is 14.0. The molecule has 5 nitrogen and oxygen atoms in total. The van der Waals surface area contributed by atoms with Gasteiger partial charge in [-0.2, -0.15) is 4.98 Å². The predicted molar refractivity (Wildman–Crippen MR) is 78.1 cm³/mol. The van der Waals surface area contributed by atoms with Gasteiger partial charge in [0.15, 0.2) is 11.6 Å². The van der Waals surface area contributed by atoms with Crippen LogP contribution in [0.1, 0.15) is 0 Å². The fourth-order valence-electron chi connectivity index (χ4n) is 1.38. The maximum absolute atomic E-state index is 13.5. The molecule has 0 spiro atoms. The average molecular weight is 392 g/mol. The largest absolute Gasteiger partial charge is 0.495 e. The Morgan fingerprint density at radius 1 is 1.32 bits per heavy atom. The number of aromatic nitrogens is 2. The quantitative estimate of drug-likeness (QED) is 0.837. The molecule has 1 aromatic heterocycles. The highest BCUT2D eigenvalue weighted by Gasteiger charge is 2.11. The number of rotatable bonds is 3. The SMILES string of the molecule is COc1cc(Nc2nc(N)ncc2F)c(Br)cc1Br. The van der Waals surface area contributed by atoms with Crippen LogP contribution in [0.25, 0.3) is 0 Å². The molecular weight excluding hydrogens is 383 g/mol. The number of hydrogen-bond acceptors (Lipinski definition) is 5. The molecule has 1 aromatic carbocycles. The van der Waals surface area contributed by atoms with Crippen LogP contribution in [-0.4, -0.2) is 17.1 Å². The Bertz CT molecular complexity index is 624. The first kappa shape index (κ1) is 14.0. The highest BCUT2D eigenvalue weighted by atomic mass is 79.9. The fraction of sp³-hybridized carbons (Fsp3) is 0.0909. The molecule has 19 heavy (non-hydrogen) atoms. The third-order valence-corrected chi connectivity index (χ3v) is 3.53. The lowest BCUT2D eigenvalue weighted by Crippen LogP contribution is -2.03. The summed E-state index contributed by atoms with van der Waals surface area (Å²) >= 11 is 6.72. The number of ether oxygens (including phenoxy) is 1. The number of nitrogens with two attached hydrogens (primary N) is 1. The summed E-state index contributed by atoms with van der Waals surface area (Å²) in [6.07, 6.45) is 1.01. The monoisotopic (exact) mass is 390 g/mol. The van der Waals surface area contributed by atoms with E-state index >= 15 is 0 Å². The molecule has 0 saturated carbocycles. The summed E-state index contributed by atoms with van der Waals surface area (Å²) < 4.78 is 20.2. The van der Waals surface area contributed by atoms with E-state index in [9.17, 15) is 4.39 Å². The zero-order valence-electron chi connectivity index (χ0n) is 9.75. The highest BCUT2D eigenvalue weighted by molar-refractivity contribution is 9.11. The third-order valence-electron chi connectivity index (χ3n) is 2.26. The van der Waals surface area contributed by atoms with Crippen molar-refractivity contribution < 1.29 is 9.13 Å². The van der Waals surface area contributed by atoms with E-state index < -0.39 is 5.82 Å². The summed E-state index contributed by atoms with van der Waals surface area (Å²) in [4.78, 5) is 7.35. The van der Waals surface area contributed by atoms with Gasteiger partial charge in [0.2, 0.25) is 5.95 Å². The average Bonchev–Trinajstić information content (AvgIpc) is 2.37. The molecule has 0 fully saturated rings. The van der Waals surface area contributed by atoms with E-state index in [1.807, 2.05) is 0 Å². The minimum absolute atomic E-state index is 0.00224. The summed E-state index contributed by atoms with van der Waals surface area (Å²) in [6, 6.07) is 3.48. The highest BCUT2D eigenvalue weighted by Crippen LogP contribution is 2.36. The Kier molecular flexibility index (Phi) is 4.20. The van der Waals surface area contributed by atoms with Crippen molar-refractivity contribution in [1.29, 1.82) is 0 Å². The van der Waals surface area contributed by atoms with E-state index in [1.165, 1.54) is 0 Å². The van der Waals surface area contributed by atoms with Gasteiger partial charge in [-0.05, 0) is 37.9 Å². The summed E-state index contributed by atoms with van der Waals surface area (Å²) in [5.74, 6) is -0.00204. The second-order valence-corrected chi connectivity index (χ2v) is 5.23. The first-order valence-corrected chi connectivity index (χ1v) is 6.68. The molecule has 100 valence electrons. The molecule has 2 rings (SSSR count). The Hall–Kier alpha value is -1.41. The van der Waals surface area contributed by atoms with Crippen molar-refractivity contribution in [3.63, 3.8) is 0 Å². The van der Waals surface area contributed by atoms with Crippen LogP contribution >= 0.6 is 31.9 Å². The summed E-state index contributed by atoms with van der Waals surface area (Å²) in [7, 11) is 1.54. The second kappa shape index (κ2) is 5.70. The number of nitrogens with one attached hydrogen (secondary N) is 1. The van der Waals surface area contributed by atoms with Gasteiger partial charge in [0, 0.05) is 10.5 Å². The molecule has 0 saturated heterocycles. The van der Waals surface area contributed by atoms with Crippen LogP contribution in [0.15, 0.2) is 27.3 Å². The van der Waals surface area contributed by atoms with Gasteiger partial charge in [0.1, 0.15) is 5.75 Å². The van der Waals surface area contributed by atoms with E-state index in [0.29, 0.717) is 11.4 Å². The molecule has 0 bridgehead atoms. The molecule has 0 aliphatic carbocycles. The molecule has 0 radical (unpaired) electrons. The predicted octanol–water partition coefficient (Wildman–Crippen LogP) is 3.48. The van der Waals surface area contributed by atoms with Crippen molar-refractivity contribution in [3.05, 3.63) is 33.1 Å². The van der Waals surface area contributed by atoms with Gasteiger partial charge in [0.25, 0.3) is 0 Å². The minimum Gasteiger partial charge on any atom is -0.495 e. The fourth-order valence-corrected chi connectivity index (χ4v) is 2.63. The van der Waals surface area contributed by atoms with Gasteiger partial charge >= 0.3 is 0 Å². The summed E-state index contributed by atoms with van der Waals surface area (Å²) in [5, 5.41) is 2.83. The van der Waals surface area contributed by atoms with Gasteiger partial charge in [-0.3, -0.25) is 0 Å². The molecule has 8 heteroatoms. The zero-order valence-corrected chi connectivity index (χ0v) is 12.9. The second-order valence-electron chi connectivity index (χ2n) is 3.52. The molecule has 1 heterocycles. The number of benzene rings is 1. The maximum Gasteiger partial charge on any atom is 0.222 e. The van der Waals surface area contributed by atoms with Crippen LogP contribution in [0.3, 0.4) is 0 Å². The summed E-state index contributed by atoms with van der Waals surface area (Å²) in [5.41, 5.74) is 6.02. The third kappa shape index (κ3) is 3.13. The molecule has 0 unspecified atom stereocenters. The van der Waals surface area contributed by atoms with Crippen LogP contribution in [-0.2, 0) is 0 Å². The standard InChI is InChI=1S/C11H9Br2FN4O/c1-19-9-3-8(5(12)2-6(9)13)17-10-7(14)4-16-11(15)18-10/h2-4H,1H3,(H3,15,16,17,18). The van der Waals surface area contributed by atoms with Gasteiger partial charge in [-0.1, -0.05) is 0 Å². The van der Waals surface area contributed by atoms with Crippen molar-refractivity contribution in [2.45, 2.75) is 0 Å². The molecule has 0 atom stereocenters. The van der Waals surface area contributed by atoms with E-state index in [0.717, 1.165) is 15.1 Å². The Morgan fingerprint density at radius 2 is 2.05 bits per heavy atom. The number of hydrogen-bond donors (Lipinski definition) is 2. The van der Waals surface area contributed by atoms with Crippen molar-refractivity contribution >= 4 is 49.3 Å². The topological polar surface area (TPSA) is 73.1 Å².